The van der Waals surface area contributed by atoms with Crippen molar-refractivity contribution >= 4 is 46.4 Å². The predicted octanol–water partition coefficient (Wildman–Crippen LogP) is 9.42. The number of nitrogens with two attached hydrogens (primary N) is 1. The highest BCUT2D eigenvalue weighted by Gasteiger charge is 2.33. The summed E-state index contributed by atoms with van der Waals surface area (Å²) in [5, 5.41) is 2.50. The summed E-state index contributed by atoms with van der Waals surface area (Å²) in [6.45, 7) is 17.3. The van der Waals surface area contributed by atoms with E-state index in [1.54, 1.807) is 22.7 Å². The zero-order valence-electron chi connectivity index (χ0n) is 30.0. The number of hydrogen-bond donors (Lipinski definition) is 2. The molecule has 268 valence electrons. The van der Waals surface area contributed by atoms with Gasteiger partial charge in [0.05, 0.1) is 25.6 Å². The van der Waals surface area contributed by atoms with Gasteiger partial charge in [-0.15, -0.1) is 0 Å². The molecule has 0 aliphatic heterocycles. The molecule has 0 aliphatic carbocycles. The summed E-state index contributed by atoms with van der Waals surface area (Å²) in [7, 11) is -4.33. The fourth-order valence-corrected chi connectivity index (χ4v) is 13.8. The number of fused-ring (bicyclic) bond motifs is 1. The third kappa shape index (κ3) is 14.3. The summed E-state index contributed by atoms with van der Waals surface area (Å²) < 4.78 is 25.0. The Morgan fingerprint density at radius 3 is 1.93 bits per heavy atom. The molecule has 0 amide bonds. The molecule has 0 aromatic carbocycles. The molecular formula is C34H66N5O4PS2. The van der Waals surface area contributed by atoms with Crippen molar-refractivity contribution in [1.82, 2.24) is 19.5 Å². The van der Waals surface area contributed by atoms with E-state index in [9.17, 15) is 9.46 Å². The monoisotopic (exact) mass is 703 g/mol. The zero-order valence-corrected chi connectivity index (χ0v) is 32.5. The average molecular weight is 704 g/mol. The van der Waals surface area contributed by atoms with Crippen LogP contribution in [0.5, 0.6) is 0 Å². The van der Waals surface area contributed by atoms with Crippen molar-refractivity contribution in [3.63, 3.8) is 0 Å². The van der Waals surface area contributed by atoms with Crippen LogP contribution < -0.4 is 5.73 Å². The number of ether oxygens (including phenoxy) is 1. The Hall–Kier alpha value is -0.840. The van der Waals surface area contributed by atoms with Crippen LogP contribution >= 0.6 is 29.4 Å². The molecule has 0 saturated heterocycles. The Bertz CT molecular complexity index is 1130. The van der Waals surface area contributed by atoms with E-state index in [1.165, 1.54) is 89.1 Å². The highest BCUT2D eigenvalue weighted by atomic mass is 32.3. The number of hydrogen-bond acceptors (Lipinski definition) is 8. The zero-order chi connectivity index (χ0) is 34.0. The third-order valence-corrected chi connectivity index (χ3v) is 17.5. The van der Waals surface area contributed by atoms with Gasteiger partial charge in [0.1, 0.15) is 18.2 Å². The number of thioether (sulfide) groups is 1. The van der Waals surface area contributed by atoms with Crippen LogP contribution in [-0.4, -0.2) is 76.5 Å². The van der Waals surface area contributed by atoms with Gasteiger partial charge in [-0.25, -0.2) is 25.0 Å². The maximum absolute atomic E-state index is 12.4. The molecule has 2 aromatic rings. The van der Waals surface area contributed by atoms with Gasteiger partial charge in [0.25, 0.3) is 0 Å². The third-order valence-electron chi connectivity index (χ3n) is 9.10. The number of nitrogen functional groups attached to an aromatic ring is 1. The van der Waals surface area contributed by atoms with Crippen LogP contribution in [-0.2, 0) is 20.4 Å². The lowest BCUT2D eigenvalue weighted by Crippen LogP contribution is -2.31. The van der Waals surface area contributed by atoms with E-state index in [-0.39, 0.29) is 19.1 Å². The Labute approximate surface area is 286 Å². The molecule has 2 aromatic heterocycles. The van der Waals surface area contributed by atoms with Crippen molar-refractivity contribution in [3.8, 4) is 0 Å². The van der Waals surface area contributed by atoms with Crippen molar-refractivity contribution in [2.45, 2.75) is 154 Å². The quantitative estimate of drug-likeness (QED) is 0.0691. The van der Waals surface area contributed by atoms with Gasteiger partial charge < -0.3 is 24.5 Å². The lowest BCUT2D eigenvalue weighted by molar-refractivity contribution is 0.0724. The summed E-state index contributed by atoms with van der Waals surface area (Å²) in [5.74, 6) is 3.55. The standard InChI is InChI=1S/C34H66N5O4PS2/c1-28(2)46(29(3)4,30(5)6)23-19-17-15-13-11-9-8-10-12-14-16-18-21-45-22-20-43-44(40,41)27-42-31(7)24-39-26-38-32-33(35)36-25-37-34(32)39/h25-26,28-31H,8-24,27H2,1-7H3,(H,40,41)(H2,35,36,37)/t31-/m1/s1. The van der Waals surface area contributed by atoms with Gasteiger partial charge in [-0.3, -0.25) is 4.57 Å². The molecule has 12 heteroatoms. The fourth-order valence-electron chi connectivity index (χ4n) is 6.63. The van der Waals surface area contributed by atoms with Crippen LogP contribution in [0.4, 0.5) is 5.82 Å². The second-order valence-electron chi connectivity index (χ2n) is 13.5. The minimum absolute atomic E-state index is 0.244. The molecule has 9 nitrogen and oxygen atoms in total. The average Bonchev–Trinajstić information content (AvgIpc) is 3.40. The van der Waals surface area contributed by atoms with E-state index >= 15 is 0 Å². The fraction of sp³-hybridized carbons (Fsp3) is 0.853. The van der Waals surface area contributed by atoms with Gasteiger partial charge in [0.2, 0.25) is 0 Å². The Balaban J connectivity index is 1.39. The predicted molar refractivity (Wildman–Crippen MR) is 202 cm³/mol. The number of unbranched alkanes of at least 4 members (excludes halogenated alkanes) is 11. The van der Waals surface area contributed by atoms with Gasteiger partial charge in [-0.1, -0.05) is 106 Å². The van der Waals surface area contributed by atoms with E-state index in [0.717, 1.165) is 21.5 Å². The lowest BCUT2D eigenvalue weighted by Gasteiger charge is -2.51. The summed E-state index contributed by atoms with van der Waals surface area (Å²) in [6.07, 6.45) is 18.6. The first-order chi connectivity index (χ1) is 21.9. The molecule has 0 saturated carbocycles. The molecule has 0 bridgehead atoms. The number of imidazole rings is 1. The number of nitrogens with zero attached hydrogens (tertiary/aromatic N) is 4. The minimum atomic E-state index is -3.80. The first-order valence-electron chi connectivity index (χ1n) is 17.7. The van der Waals surface area contributed by atoms with Crippen LogP contribution in [0, 0.1) is 0 Å². The number of rotatable bonds is 27. The molecule has 2 atom stereocenters. The van der Waals surface area contributed by atoms with E-state index < -0.39 is 17.6 Å². The van der Waals surface area contributed by atoms with Gasteiger partial charge >= 0.3 is 7.60 Å². The molecular weight excluding hydrogens is 638 g/mol. The molecule has 46 heavy (non-hydrogen) atoms. The molecule has 2 heterocycles. The topological polar surface area (TPSA) is 125 Å². The maximum atomic E-state index is 12.4. The normalized spacial score (nSPS) is 14.9. The number of aromatic nitrogens is 4. The molecule has 2 rings (SSSR count). The molecule has 0 radical (unpaired) electrons. The van der Waals surface area contributed by atoms with Crippen molar-refractivity contribution in [2.24, 2.45) is 0 Å². The SMILES string of the molecule is CC(C)S(CCCCCCCCCCCCCCSCCOP(=O)(O)CO[C@H](C)Cn1cnc2c(N)ncnc21)(C(C)C)C(C)C. The summed E-state index contributed by atoms with van der Waals surface area (Å²) in [4.78, 5) is 22.5. The van der Waals surface area contributed by atoms with Crippen LogP contribution in [0.3, 0.4) is 0 Å². The number of anilines is 1. The second kappa shape index (κ2) is 22.0. The first kappa shape index (κ1) is 41.3. The van der Waals surface area contributed by atoms with Gasteiger partial charge in [0, 0.05) is 5.75 Å². The van der Waals surface area contributed by atoms with Crippen LogP contribution in [0.25, 0.3) is 11.2 Å². The Morgan fingerprint density at radius 2 is 1.37 bits per heavy atom. The van der Waals surface area contributed by atoms with Gasteiger partial charge in [0.15, 0.2) is 11.5 Å². The van der Waals surface area contributed by atoms with Crippen LogP contribution in [0.15, 0.2) is 12.7 Å². The summed E-state index contributed by atoms with van der Waals surface area (Å²) in [6, 6.07) is 0. The van der Waals surface area contributed by atoms with Crippen LogP contribution in [0.1, 0.15) is 126 Å². The smallest absolute Gasteiger partial charge is 0.353 e. The highest BCUT2D eigenvalue weighted by molar-refractivity contribution is 8.35. The van der Waals surface area contributed by atoms with E-state index in [4.69, 9.17) is 15.0 Å². The molecule has 0 fully saturated rings. The van der Waals surface area contributed by atoms with Gasteiger partial charge in [-0.2, -0.15) is 11.8 Å². The largest absolute Gasteiger partial charge is 0.382 e. The van der Waals surface area contributed by atoms with Crippen molar-refractivity contribution in [1.29, 1.82) is 0 Å². The molecule has 0 spiro atoms. The van der Waals surface area contributed by atoms with Crippen molar-refractivity contribution in [2.75, 3.05) is 35.9 Å². The van der Waals surface area contributed by atoms with Crippen molar-refractivity contribution < 1.29 is 18.7 Å². The van der Waals surface area contributed by atoms with E-state index in [0.29, 0.717) is 29.3 Å². The molecule has 3 N–H and O–H groups in total. The summed E-state index contributed by atoms with van der Waals surface area (Å²) in [5.41, 5.74) is 6.96. The lowest BCUT2D eigenvalue weighted by atomic mass is 10.1. The molecule has 1 unspecified atom stereocenters. The Morgan fingerprint density at radius 1 is 0.826 bits per heavy atom. The summed E-state index contributed by atoms with van der Waals surface area (Å²) >= 11 is 1.78. The highest BCUT2D eigenvalue weighted by Crippen LogP contribution is 2.60. The minimum Gasteiger partial charge on any atom is -0.382 e. The Kier molecular flexibility index (Phi) is 19.8. The van der Waals surface area contributed by atoms with Crippen LogP contribution in [0.2, 0.25) is 0 Å². The second-order valence-corrected chi connectivity index (χ2v) is 21.6. The van der Waals surface area contributed by atoms with E-state index in [1.807, 2.05) is 6.92 Å². The van der Waals surface area contributed by atoms with Crippen molar-refractivity contribution in [3.05, 3.63) is 12.7 Å². The van der Waals surface area contributed by atoms with Gasteiger partial charge in [-0.05, 0) is 47.0 Å². The first-order valence-corrected chi connectivity index (χ1v) is 22.7. The molecule has 0 aliphatic rings. The maximum Gasteiger partial charge on any atom is 0.353 e. The van der Waals surface area contributed by atoms with E-state index in [2.05, 4.69) is 56.5 Å².